The predicted octanol–water partition coefficient (Wildman–Crippen LogP) is 4.30. The Morgan fingerprint density at radius 1 is 1.26 bits per heavy atom. The molecule has 0 aliphatic heterocycles. The molecule has 1 aromatic carbocycles. The summed E-state index contributed by atoms with van der Waals surface area (Å²) in [6.07, 6.45) is 4.87. The molecule has 0 saturated carbocycles. The van der Waals surface area contributed by atoms with Crippen LogP contribution in [0.3, 0.4) is 0 Å². The van der Waals surface area contributed by atoms with Gasteiger partial charge in [-0.3, -0.25) is 4.79 Å². The quantitative estimate of drug-likeness (QED) is 0.445. The minimum absolute atomic E-state index is 0.108. The summed E-state index contributed by atoms with van der Waals surface area (Å²) in [5.41, 5.74) is 0.952. The van der Waals surface area contributed by atoms with Gasteiger partial charge in [-0.1, -0.05) is 49.5 Å². The lowest BCUT2D eigenvalue weighted by Gasteiger charge is -2.10. The zero-order valence-electron chi connectivity index (χ0n) is 15.4. The molecule has 0 unspecified atom stereocenters. The van der Waals surface area contributed by atoms with Gasteiger partial charge in [0.15, 0.2) is 11.0 Å². The Morgan fingerprint density at radius 2 is 2.04 bits per heavy atom. The number of carbonyl (C=O) groups excluding carboxylic acids is 1. The number of nitriles is 1. The molecule has 1 amide bonds. The van der Waals surface area contributed by atoms with Crippen LogP contribution in [0.2, 0.25) is 5.02 Å². The number of hydrogen-bond acceptors (Lipinski definition) is 5. The molecule has 0 aliphatic rings. The van der Waals surface area contributed by atoms with E-state index in [0.29, 0.717) is 18.0 Å². The van der Waals surface area contributed by atoms with Crippen molar-refractivity contribution in [1.29, 1.82) is 5.26 Å². The highest BCUT2D eigenvalue weighted by molar-refractivity contribution is 7.99. The third-order valence-corrected chi connectivity index (χ3v) is 5.16. The Balaban J connectivity index is 2.09. The van der Waals surface area contributed by atoms with Crippen molar-refractivity contribution in [2.75, 3.05) is 12.3 Å². The maximum atomic E-state index is 11.9. The van der Waals surface area contributed by atoms with E-state index >= 15 is 0 Å². The summed E-state index contributed by atoms with van der Waals surface area (Å²) >= 11 is 7.35. The van der Waals surface area contributed by atoms with Gasteiger partial charge in [-0.2, -0.15) is 5.26 Å². The number of nitrogens with zero attached hydrogens (tertiary/aromatic N) is 4. The number of rotatable bonds is 11. The number of carbonyl (C=O) groups is 1. The van der Waals surface area contributed by atoms with Crippen molar-refractivity contribution >= 4 is 29.3 Å². The molecule has 2 aromatic rings. The van der Waals surface area contributed by atoms with E-state index in [-0.39, 0.29) is 11.7 Å². The van der Waals surface area contributed by atoms with E-state index in [9.17, 15) is 4.79 Å². The van der Waals surface area contributed by atoms with Gasteiger partial charge in [-0.05, 0) is 30.7 Å². The molecule has 0 saturated heterocycles. The summed E-state index contributed by atoms with van der Waals surface area (Å²) < 4.78 is 2.08. The van der Waals surface area contributed by atoms with Gasteiger partial charge in [-0.25, -0.2) is 0 Å². The first-order valence-electron chi connectivity index (χ1n) is 9.11. The second-order valence-corrected chi connectivity index (χ2v) is 7.45. The number of hydrogen-bond donors (Lipinski definition) is 1. The maximum absolute atomic E-state index is 11.9. The highest BCUT2D eigenvalue weighted by Crippen LogP contribution is 2.25. The molecular formula is C19H24ClN5OS. The Kier molecular flexibility index (Phi) is 9.16. The third-order valence-electron chi connectivity index (χ3n) is 3.95. The molecule has 1 N–H and O–H groups in total. The first-order chi connectivity index (χ1) is 13.2. The summed E-state index contributed by atoms with van der Waals surface area (Å²) in [6, 6.07) is 9.54. The van der Waals surface area contributed by atoms with Crippen LogP contribution in [0.5, 0.6) is 0 Å². The second-order valence-electron chi connectivity index (χ2n) is 6.07. The smallest absolute Gasteiger partial charge is 0.230 e. The number of thioether (sulfide) groups is 1. The minimum Gasteiger partial charge on any atom is -0.354 e. The van der Waals surface area contributed by atoms with Gasteiger partial charge in [0.2, 0.25) is 5.91 Å². The summed E-state index contributed by atoms with van der Waals surface area (Å²) in [5.74, 6) is 0.929. The van der Waals surface area contributed by atoms with Crippen LogP contribution in [-0.2, 0) is 11.3 Å². The number of amides is 1. The number of benzene rings is 1. The van der Waals surface area contributed by atoms with E-state index in [4.69, 9.17) is 16.9 Å². The van der Waals surface area contributed by atoms with Crippen molar-refractivity contribution in [2.24, 2.45) is 0 Å². The average Bonchev–Trinajstić information content (AvgIpc) is 3.07. The largest absolute Gasteiger partial charge is 0.354 e. The molecule has 27 heavy (non-hydrogen) atoms. The van der Waals surface area contributed by atoms with E-state index in [1.54, 1.807) is 0 Å². The van der Waals surface area contributed by atoms with Gasteiger partial charge in [0, 0.05) is 23.7 Å². The van der Waals surface area contributed by atoms with Crippen molar-refractivity contribution in [1.82, 2.24) is 20.1 Å². The van der Waals surface area contributed by atoms with E-state index < -0.39 is 0 Å². The van der Waals surface area contributed by atoms with Crippen molar-refractivity contribution in [3.8, 4) is 17.5 Å². The molecule has 0 fully saturated rings. The SMILES string of the molecule is CCCCCCn1c(SCC(=O)NCCC#N)nnc1-c1ccc(Cl)cc1. The van der Waals surface area contributed by atoms with Crippen LogP contribution in [0.4, 0.5) is 0 Å². The Hall–Kier alpha value is -2.04. The zero-order chi connectivity index (χ0) is 19.5. The molecule has 0 bridgehead atoms. The molecule has 0 aliphatic carbocycles. The van der Waals surface area contributed by atoms with Gasteiger partial charge < -0.3 is 9.88 Å². The van der Waals surface area contributed by atoms with Gasteiger partial charge in [0.1, 0.15) is 0 Å². The molecule has 0 radical (unpaired) electrons. The van der Waals surface area contributed by atoms with E-state index in [1.165, 1.54) is 24.6 Å². The number of halogens is 1. The highest BCUT2D eigenvalue weighted by atomic mass is 35.5. The molecule has 0 atom stereocenters. The molecular weight excluding hydrogens is 382 g/mol. The lowest BCUT2D eigenvalue weighted by atomic mass is 10.2. The molecule has 1 heterocycles. The lowest BCUT2D eigenvalue weighted by molar-refractivity contribution is -0.118. The highest BCUT2D eigenvalue weighted by Gasteiger charge is 2.15. The third kappa shape index (κ3) is 6.89. The van der Waals surface area contributed by atoms with Crippen LogP contribution in [0, 0.1) is 11.3 Å². The fourth-order valence-electron chi connectivity index (χ4n) is 2.55. The molecule has 6 nitrogen and oxygen atoms in total. The standard InChI is InChI=1S/C19H24ClN5OS/c1-2-3-4-5-13-25-18(15-7-9-16(20)10-8-15)23-24-19(25)27-14-17(26)22-12-6-11-21/h7-10H,2-6,12-14H2,1H3,(H,22,26). The topological polar surface area (TPSA) is 83.6 Å². The first-order valence-corrected chi connectivity index (χ1v) is 10.5. The zero-order valence-corrected chi connectivity index (χ0v) is 17.0. The Labute approximate surface area is 169 Å². The van der Waals surface area contributed by atoms with E-state index in [2.05, 4.69) is 27.0 Å². The van der Waals surface area contributed by atoms with E-state index in [1.807, 2.05) is 30.3 Å². The van der Waals surface area contributed by atoms with Crippen LogP contribution < -0.4 is 5.32 Å². The molecule has 2 rings (SSSR count). The van der Waals surface area contributed by atoms with Gasteiger partial charge in [0.05, 0.1) is 18.2 Å². The van der Waals surface area contributed by atoms with Crippen molar-refractivity contribution in [3.05, 3.63) is 29.3 Å². The average molecular weight is 406 g/mol. The van der Waals surface area contributed by atoms with Crippen LogP contribution in [-0.4, -0.2) is 33.0 Å². The maximum Gasteiger partial charge on any atom is 0.230 e. The number of nitrogens with one attached hydrogen (secondary N) is 1. The lowest BCUT2D eigenvalue weighted by Crippen LogP contribution is -2.26. The summed E-state index contributed by atoms with van der Waals surface area (Å²) in [4.78, 5) is 11.9. The van der Waals surface area contributed by atoms with Gasteiger partial charge >= 0.3 is 0 Å². The fourth-order valence-corrected chi connectivity index (χ4v) is 3.47. The van der Waals surface area contributed by atoms with Crippen LogP contribution in [0.15, 0.2) is 29.4 Å². The van der Waals surface area contributed by atoms with E-state index in [0.717, 1.165) is 35.9 Å². The Bertz CT molecular complexity index is 769. The number of unbranched alkanes of at least 4 members (excludes halogenated alkanes) is 3. The van der Waals surface area contributed by atoms with Gasteiger partial charge in [0.25, 0.3) is 0 Å². The summed E-state index contributed by atoms with van der Waals surface area (Å²) in [5, 5.41) is 21.3. The molecule has 8 heteroatoms. The fraction of sp³-hybridized carbons (Fsp3) is 0.474. The second kappa shape index (κ2) is 11.6. The first kappa shape index (κ1) is 21.3. The van der Waals surface area contributed by atoms with Crippen LogP contribution in [0.1, 0.15) is 39.0 Å². The Morgan fingerprint density at radius 3 is 2.74 bits per heavy atom. The molecule has 144 valence electrons. The van der Waals surface area contributed by atoms with Crippen molar-refractivity contribution in [3.63, 3.8) is 0 Å². The monoisotopic (exact) mass is 405 g/mol. The predicted molar refractivity (Wildman–Crippen MR) is 109 cm³/mol. The summed E-state index contributed by atoms with van der Waals surface area (Å²) in [6.45, 7) is 3.36. The van der Waals surface area contributed by atoms with Crippen LogP contribution in [0.25, 0.3) is 11.4 Å². The van der Waals surface area contributed by atoms with Crippen LogP contribution >= 0.6 is 23.4 Å². The van der Waals surface area contributed by atoms with Crippen molar-refractivity contribution in [2.45, 2.75) is 50.7 Å². The van der Waals surface area contributed by atoms with Gasteiger partial charge in [-0.15, -0.1) is 10.2 Å². The summed E-state index contributed by atoms with van der Waals surface area (Å²) in [7, 11) is 0. The normalized spacial score (nSPS) is 10.6. The minimum atomic E-state index is -0.108. The van der Waals surface area contributed by atoms with Crippen molar-refractivity contribution < 1.29 is 4.79 Å². The molecule has 0 spiro atoms. The molecule has 1 aromatic heterocycles. The number of aromatic nitrogens is 3.